The normalized spacial score (nSPS) is 25.0. The van der Waals surface area contributed by atoms with Gasteiger partial charge >= 0.3 is 0 Å². The van der Waals surface area contributed by atoms with Crippen LogP contribution in [0, 0.1) is 5.92 Å². The van der Waals surface area contributed by atoms with Crippen molar-refractivity contribution in [3.05, 3.63) is 41.5 Å². The molecule has 0 nitrogen and oxygen atoms in total. The summed E-state index contributed by atoms with van der Waals surface area (Å²) >= 11 is 0. The Labute approximate surface area is 72.9 Å². The van der Waals surface area contributed by atoms with Gasteiger partial charge in [0.15, 0.2) is 0 Å². The molecule has 0 saturated heterocycles. The zero-order valence-corrected chi connectivity index (χ0v) is 7.09. The van der Waals surface area contributed by atoms with E-state index in [1.54, 1.807) is 11.1 Å². The van der Waals surface area contributed by atoms with Gasteiger partial charge in [0.1, 0.15) is 0 Å². The van der Waals surface area contributed by atoms with Crippen molar-refractivity contribution in [2.24, 2.45) is 5.92 Å². The molecule has 0 spiro atoms. The number of fused-ring (bicyclic) bond motifs is 3. The summed E-state index contributed by atoms with van der Waals surface area (Å²) in [6.07, 6.45) is 6.40. The molecule has 0 fully saturated rings. The molecule has 3 rings (SSSR count). The second-order valence-corrected chi connectivity index (χ2v) is 3.80. The van der Waals surface area contributed by atoms with Gasteiger partial charge < -0.3 is 0 Å². The predicted molar refractivity (Wildman–Crippen MR) is 50.8 cm³/mol. The number of hydrogen-bond donors (Lipinski definition) is 0. The van der Waals surface area contributed by atoms with E-state index in [0.717, 1.165) is 5.92 Å². The van der Waals surface area contributed by atoms with Crippen molar-refractivity contribution in [3.8, 4) is 0 Å². The van der Waals surface area contributed by atoms with E-state index in [-0.39, 0.29) is 0 Å². The molecule has 0 N–H and O–H groups in total. The zero-order valence-electron chi connectivity index (χ0n) is 7.09. The second-order valence-electron chi connectivity index (χ2n) is 3.80. The highest BCUT2D eigenvalue weighted by Gasteiger charge is 2.28. The van der Waals surface area contributed by atoms with Gasteiger partial charge in [-0.25, -0.2) is 0 Å². The molecular formula is C12H12. The summed E-state index contributed by atoms with van der Waals surface area (Å²) in [6.45, 7) is 0. The first-order chi connectivity index (χ1) is 5.95. The summed E-state index contributed by atoms with van der Waals surface area (Å²) in [4.78, 5) is 0. The summed E-state index contributed by atoms with van der Waals surface area (Å²) in [5.41, 5.74) is 4.72. The third kappa shape index (κ3) is 0.726. The smallest absolute Gasteiger partial charge is 0.0115 e. The van der Waals surface area contributed by atoms with E-state index < -0.39 is 0 Å². The molecule has 12 heavy (non-hydrogen) atoms. The van der Waals surface area contributed by atoms with Crippen LogP contribution in [-0.4, -0.2) is 0 Å². The molecule has 1 atom stereocenters. The minimum Gasteiger partial charge on any atom is -0.0804 e. The average Bonchev–Trinajstić information content (AvgIpc) is 2.62. The molecule has 0 heterocycles. The number of allylic oxidation sites excluding steroid dienone is 2. The topological polar surface area (TPSA) is 0 Å². The van der Waals surface area contributed by atoms with E-state index >= 15 is 0 Å². The quantitative estimate of drug-likeness (QED) is 0.541. The fourth-order valence-electron chi connectivity index (χ4n) is 2.55. The van der Waals surface area contributed by atoms with E-state index in [0.29, 0.717) is 0 Å². The van der Waals surface area contributed by atoms with E-state index in [9.17, 15) is 0 Å². The number of rotatable bonds is 0. The van der Waals surface area contributed by atoms with Crippen LogP contribution in [0.2, 0.25) is 0 Å². The summed E-state index contributed by atoms with van der Waals surface area (Å²) in [7, 11) is 0. The third-order valence-electron chi connectivity index (χ3n) is 3.11. The average molecular weight is 156 g/mol. The lowest BCUT2D eigenvalue weighted by atomic mass is 10.0. The SMILES string of the molecule is C1=C2c3ccccc3CC2CC1. The lowest BCUT2D eigenvalue weighted by Crippen LogP contribution is -1.91. The summed E-state index contributed by atoms with van der Waals surface area (Å²) < 4.78 is 0. The van der Waals surface area contributed by atoms with Crippen LogP contribution in [0.5, 0.6) is 0 Å². The maximum absolute atomic E-state index is 2.43. The Morgan fingerprint density at radius 2 is 2.08 bits per heavy atom. The molecule has 0 bridgehead atoms. The highest BCUT2D eigenvalue weighted by molar-refractivity contribution is 5.75. The highest BCUT2D eigenvalue weighted by atomic mass is 14.3. The molecule has 0 amide bonds. The Morgan fingerprint density at radius 1 is 1.17 bits per heavy atom. The van der Waals surface area contributed by atoms with Crippen LogP contribution >= 0.6 is 0 Å². The largest absolute Gasteiger partial charge is 0.0804 e. The minimum atomic E-state index is 0.863. The Morgan fingerprint density at radius 3 is 3.08 bits per heavy atom. The molecule has 0 saturated carbocycles. The van der Waals surface area contributed by atoms with Gasteiger partial charge in [0, 0.05) is 0 Å². The van der Waals surface area contributed by atoms with Crippen LogP contribution < -0.4 is 0 Å². The van der Waals surface area contributed by atoms with E-state index in [2.05, 4.69) is 30.3 Å². The lowest BCUT2D eigenvalue weighted by Gasteiger charge is -2.00. The van der Waals surface area contributed by atoms with E-state index in [4.69, 9.17) is 0 Å². The molecular weight excluding hydrogens is 144 g/mol. The molecule has 0 aliphatic heterocycles. The molecule has 2 aliphatic carbocycles. The maximum Gasteiger partial charge on any atom is -0.0115 e. The molecule has 1 aromatic rings. The van der Waals surface area contributed by atoms with Gasteiger partial charge in [0.2, 0.25) is 0 Å². The fourth-order valence-corrected chi connectivity index (χ4v) is 2.55. The number of hydrogen-bond acceptors (Lipinski definition) is 0. The fraction of sp³-hybridized carbons (Fsp3) is 0.333. The first-order valence-corrected chi connectivity index (χ1v) is 4.73. The van der Waals surface area contributed by atoms with Crippen molar-refractivity contribution in [2.45, 2.75) is 19.3 Å². The molecule has 1 aromatic carbocycles. The van der Waals surface area contributed by atoms with Gasteiger partial charge in [-0.3, -0.25) is 0 Å². The predicted octanol–water partition coefficient (Wildman–Crippen LogP) is 3.04. The van der Waals surface area contributed by atoms with Crippen LogP contribution in [0.4, 0.5) is 0 Å². The first kappa shape index (κ1) is 6.47. The molecule has 2 aliphatic rings. The summed E-state index contributed by atoms with van der Waals surface area (Å²) in [6, 6.07) is 8.85. The van der Waals surface area contributed by atoms with Gasteiger partial charge in [-0.15, -0.1) is 0 Å². The van der Waals surface area contributed by atoms with Crippen molar-refractivity contribution in [1.29, 1.82) is 0 Å². The van der Waals surface area contributed by atoms with Crippen LogP contribution in [-0.2, 0) is 6.42 Å². The molecule has 0 radical (unpaired) electrons. The van der Waals surface area contributed by atoms with Crippen LogP contribution in [0.25, 0.3) is 5.57 Å². The van der Waals surface area contributed by atoms with Gasteiger partial charge in [-0.2, -0.15) is 0 Å². The third-order valence-corrected chi connectivity index (χ3v) is 3.11. The Hall–Kier alpha value is -1.04. The first-order valence-electron chi connectivity index (χ1n) is 4.73. The Kier molecular flexibility index (Phi) is 1.20. The van der Waals surface area contributed by atoms with Gasteiger partial charge in [0.25, 0.3) is 0 Å². The van der Waals surface area contributed by atoms with Gasteiger partial charge in [0.05, 0.1) is 0 Å². The maximum atomic E-state index is 2.43. The highest BCUT2D eigenvalue weighted by Crippen LogP contribution is 2.43. The molecule has 1 unspecified atom stereocenters. The van der Waals surface area contributed by atoms with E-state index in [1.165, 1.54) is 24.8 Å². The zero-order chi connectivity index (χ0) is 7.97. The van der Waals surface area contributed by atoms with Crippen molar-refractivity contribution >= 4 is 5.57 Å². The summed E-state index contributed by atoms with van der Waals surface area (Å²) in [5.74, 6) is 0.863. The lowest BCUT2D eigenvalue weighted by molar-refractivity contribution is 0.664. The van der Waals surface area contributed by atoms with Crippen molar-refractivity contribution in [2.75, 3.05) is 0 Å². The molecule has 0 aromatic heterocycles. The van der Waals surface area contributed by atoms with Crippen LogP contribution in [0.15, 0.2) is 30.3 Å². The van der Waals surface area contributed by atoms with Crippen molar-refractivity contribution in [3.63, 3.8) is 0 Å². The molecule has 60 valence electrons. The standard InChI is InChI=1S/C12H12/c1-2-6-11-9(4-1)8-10-5-3-7-12(10)11/h1-2,4,6-7,10H,3,5,8H2. The van der Waals surface area contributed by atoms with Gasteiger partial charge in [-0.1, -0.05) is 30.3 Å². The van der Waals surface area contributed by atoms with Crippen molar-refractivity contribution in [1.82, 2.24) is 0 Å². The van der Waals surface area contributed by atoms with Gasteiger partial charge in [-0.05, 0) is 41.9 Å². The van der Waals surface area contributed by atoms with Crippen LogP contribution in [0.3, 0.4) is 0 Å². The minimum absolute atomic E-state index is 0.863. The van der Waals surface area contributed by atoms with Crippen molar-refractivity contribution < 1.29 is 0 Å². The molecule has 0 heteroatoms. The second kappa shape index (κ2) is 2.22. The summed E-state index contributed by atoms with van der Waals surface area (Å²) in [5, 5.41) is 0. The number of benzene rings is 1. The Bertz CT molecular complexity index is 347. The van der Waals surface area contributed by atoms with E-state index in [1.807, 2.05) is 0 Å². The van der Waals surface area contributed by atoms with Crippen LogP contribution in [0.1, 0.15) is 24.0 Å². The monoisotopic (exact) mass is 156 g/mol. The Balaban J connectivity index is 2.20.